The number of carboxylic acids is 1. The summed E-state index contributed by atoms with van der Waals surface area (Å²) < 4.78 is 28.2. The Morgan fingerprint density at radius 3 is 1.18 bits per heavy atom. The van der Waals surface area contributed by atoms with Crippen molar-refractivity contribution in [3.63, 3.8) is 0 Å². The van der Waals surface area contributed by atoms with Crippen LogP contribution in [0.25, 0.3) is 22.3 Å². The van der Waals surface area contributed by atoms with Gasteiger partial charge in [0.1, 0.15) is 36.2 Å². The Morgan fingerprint density at radius 2 is 0.825 bits per heavy atom. The van der Waals surface area contributed by atoms with E-state index in [0.29, 0.717) is 24.7 Å². The van der Waals surface area contributed by atoms with Gasteiger partial charge in [0.15, 0.2) is 11.2 Å². The van der Waals surface area contributed by atoms with Crippen LogP contribution in [0.5, 0.6) is 23.0 Å². The summed E-state index contributed by atoms with van der Waals surface area (Å²) in [5.41, 5.74) is 6.22. The van der Waals surface area contributed by atoms with Crippen molar-refractivity contribution in [2.45, 2.75) is 66.0 Å². The molecule has 0 fully saturated rings. The van der Waals surface area contributed by atoms with Crippen LogP contribution in [0.1, 0.15) is 49.9 Å². The molecular formula is C49H50O8. The summed E-state index contributed by atoms with van der Waals surface area (Å²) in [4.78, 5) is 23.2. The molecular weight excluding hydrogens is 717 g/mol. The molecule has 0 saturated carbocycles. The summed E-state index contributed by atoms with van der Waals surface area (Å²) in [6.45, 7) is 11.6. The highest BCUT2D eigenvalue weighted by Crippen LogP contribution is 2.31. The summed E-state index contributed by atoms with van der Waals surface area (Å²) in [6, 6.07) is 47.3. The summed E-state index contributed by atoms with van der Waals surface area (Å²) in [7, 11) is 1.35. The second-order valence-electron chi connectivity index (χ2n) is 14.7. The number of aliphatic carboxylic acids is 1. The second kappa shape index (κ2) is 18.9. The summed E-state index contributed by atoms with van der Waals surface area (Å²) in [5, 5.41) is 9.25. The lowest BCUT2D eigenvalue weighted by Gasteiger charge is -2.23. The first-order valence-electron chi connectivity index (χ1n) is 18.7. The number of carbonyl (C=O) groups excluding carboxylic acids is 1. The maximum absolute atomic E-state index is 11.9. The first-order valence-corrected chi connectivity index (χ1v) is 18.7. The molecule has 0 atom stereocenters. The summed E-state index contributed by atoms with van der Waals surface area (Å²) in [5.74, 6) is 1.25. The quantitative estimate of drug-likeness (QED) is 0.109. The van der Waals surface area contributed by atoms with Crippen LogP contribution in [0.15, 0.2) is 146 Å². The van der Waals surface area contributed by atoms with Gasteiger partial charge in [0.2, 0.25) is 0 Å². The molecule has 0 amide bonds. The third-order valence-electron chi connectivity index (χ3n) is 8.99. The van der Waals surface area contributed by atoms with Gasteiger partial charge in [-0.3, -0.25) is 0 Å². The third kappa shape index (κ3) is 12.2. The molecule has 1 N–H and O–H groups in total. The van der Waals surface area contributed by atoms with Crippen LogP contribution >= 0.6 is 0 Å². The molecule has 294 valence electrons. The van der Waals surface area contributed by atoms with Gasteiger partial charge in [-0.15, -0.1) is 0 Å². The van der Waals surface area contributed by atoms with E-state index in [1.165, 1.54) is 32.1 Å². The highest BCUT2D eigenvalue weighted by Gasteiger charge is 2.31. The zero-order valence-corrected chi connectivity index (χ0v) is 33.6. The molecule has 8 heteroatoms. The van der Waals surface area contributed by atoms with Gasteiger partial charge in [0.25, 0.3) is 0 Å². The van der Waals surface area contributed by atoms with Gasteiger partial charge in [-0.05, 0) is 123 Å². The Morgan fingerprint density at radius 1 is 0.491 bits per heavy atom. The molecule has 0 spiro atoms. The largest absolute Gasteiger partial charge is 0.489 e. The van der Waals surface area contributed by atoms with E-state index in [-0.39, 0.29) is 0 Å². The van der Waals surface area contributed by atoms with Gasteiger partial charge in [0, 0.05) is 0 Å². The average molecular weight is 767 g/mol. The van der Waals surface area contributed by atoms with E-state index in [4.69, 9.17) is 23.7 Å². The van der Waals surface area contributed by atoms with Crippen LogP contribution in [0, 0.1) is 13.8 Å². The number of hydrogen-bond donors (Lipinski definition) is 1. The first kappa shape index (κ1) is 41.6. The number of hydrogen-bond acceptors (Lipinski definition) is 7. The van der Waals surface area contributed by atoms with Crippen molar-refractivity contribution < 1.29 is 38.4 Å². The number of ether oxygens (including phenoxy) is 5. The van der Waals surface area contributed by atoms with Crippen LogP contribution < -0.4 is 18.9 Å². The number of carbonyl (C=O) groups is 2. The molecule has 0 aliphatic carbocycles. The molecule has 6 aromatic carbocycles. The van der Waals surface area contributed by atoms with Gasteiger partial charge >= 0.3 is 11.9 Å². The molecule has 0 unspecified atom stereocenters. The number of aryl methyl sites for hydroxylation is 2. The topological polar surface area (TPSA) is 101 Å². The van der Waals surface area contributed by atoms with Crippen molar-refractivity contribution in [2.75, 3.05) is 7.11 Å². The predicted octanol–water partition coefficient (Wildman–Crippen LogP) is 11.1. The van der Waals surface area contributed by atoms with Gasteiger partial charge in [-0.25, -0.2) is 9.59 Å². The first-order chi connectivity index (χ1) is 27.2. The number of carboxylic acid groups (broad SMARTS) is 1. The lowest BCUT2D eigenvalue weighted by atomic mass is 10.0. The van der Waals surface area contributed by atoms with Crippen LogP contribution in [0.4, 0.5) is 0 Å². The standard InChI is InChI=1S/C25H26O4.C24H24O4/c1-18-11-13-19(14-12-18)17-28-22-9-5-7-20(15-22)21-8-6-10-23(16-21)29-25(2,3)24(26)27-4;1-17-10-12-18(13-11-17)16-27-21-8-4-6-19(14-21)20-7-5-9-22(15-20)28-24(2,3)23(25)26/h5-16H,17H2,1-4H3;4-15H,16H2,1-3H3,(H,25,26). The Labute approximate surface area is 335 Å². The normalized spacial score (nSPS) is 11.1. The van der Waals surface area contributed by atoms with Crippen LogP contribution in [0.3, 0.4) is 0 Å². The van der Waals surface area contributed by atoms with E-state index in [1.807, 2.05) is 91.0 Å². The Kier molecular flexibility index (Phi) is 13.8. The van der Waals surface area contributed by atoms with Crippen LogP contribution in [0.2, 0.25) is 0 Å². The van der Waals surface area contributed by atoms with Crippen molar-refractivity contribution in [3.05, 3.63) is 168 Å². The monoisotopic (exact) mass is 766 g/mol. The molecule has 0 aromatic heterocycles. The number of rotatable bonds is 14. The van der Waals surface area contributed by atoms with Crippen molar-refractivity contribution in [2.24, 2.45) is 0 Å². The summed E-state index contributed by atoms with van der Waals surface area (Å²) >= 11 is 0. The molecule has 6 aromatic rings. The molecule has 8 nitrogen and oxygen atoms in total. The van der Waals surface area contributed by atoms with E-state index >= 15 is 0 Å². The number of benzene rings is 6. The highest BCUT2D eigenvalue weighted by atomic mass is 16.6. The third-order valence-corrected chi connectivity index (χ3v) is 8.99. The Bertz CT molecular complexity index is 2260. The number of methoxy groups -OCH3 is 1. The maximum Gasteiger partial charge on any atom is 0.349 e. The molecule has 0 aliphatic heterocycles. The van der Waals surface area contributed by atoms with E-state index in [2.05, 4.69) is 62.4 Å². The molecule has 0 aliphatic rings. The minimum Gasteiger partial charge on any atom is -0.489 e. The fraction of sp³-hybridized carbons (Fsp3) is 0.224. The van der Waals surface area contributed by atoms with E-state index in [1.54, 1.807) is 19.9 Å². The molecule has 0 heterocycles. The minimum atomic E-state index is -1.29. The maximum atomic E-state index is 11.9. The highest BCUT2D eigenvalue weighted by molar-refractivity contribution is 5.79. The molecule has 0 radical (unpaired) electrons. The zero-order chi connectivity index (χ0) is 41.0. The molecule has 6 rings (SSSR count). The minimum absolute atomic E-state index is 0.422. The Hall–Kier alpha value is -6.54. The van der Waals surface area contributed by atoms with Crippen molar-refractivity contribution in [3.8, 4) is 45.3 Å². The van der Waals surface area contributed by atoms with Crippen LogP contribution in [-0.2, 0) is 27.5 Å². The second-order valence-corrected chi connectivity index (χ2v) is 14.7. The van der Waals surface area contributed by atoms with E-state index in [0.717, 1.165) is 44.9 Å². The lowest BCUT2D eigenvalue weighted by molar-refractivity contribution is -0.156. The lowest BCUT2D eigenvalue weighted by Crippen LogP contribution is -2.39. The van der Waals surface area contributed by atoms with Gasteiger partial charge < -0.3 is 28.8 Å². The van der Waals surface area contributed by atoms with Crippen molar-refractivity contribution in [1.29, 1.82) is 0 Å². The average Bonchev–Trinajstić information content (AvgIpc) is 3.20. The number of esters is 1. The fourth-order valence-corrected chi connectivity index (χ4v) is 5.63. The van der Waals surface area contributed by atoms with Crippen LogP contribution in [-0.4, -0.2) is 35.4 Å². The zero-order valence-electron chi connectivity index (χ0n) is 33.6. The van der Waals surface area contributed by atoms with Gasteiger partial charge in [-0.2, -0.15) is 0 Å². The predicted molar refractivity (Wildman–Crippen MR) is 224 cm³/mol. The summed E-state index contributed by atoms with van der Waals surface area (Å²) in [6.07, 6.45) is 0. The van der Waals surface area contributed by atoms with Crippen molar-refractivity contribution >= 4 is 11.9 Å². The fourth-order valence-electron chi connectivity index (χ4n) is 5.63. The SMILES string of the molecule is COC(=O)C(C)(C)Oc1cccc(-c2cccc(OCc3ccc(C)cc3)c2)c1.Cc1ccc(COc2cccc(-c3cccc(OC(C)(C)C(=O)O)c3)c2)cc1. The van der Waals surface area contributed by atoms with Crippen molar-refractivity contribution in [1.82, 2.24) is 0 Å². The van der Waals surface area contributed by atoms with Gasteiger partial charge in [0.05, 0.1) is 7.11 Å². The molecule has 0 saturated heterocycles. The van der Waals surface area contributed by atoms with Gasteiger partial charge in [-0.1, -0.05) is 108 Å². The Balaban J connectivity index is 0.000000218. The molecule has 57 heavy (non-hydrogen) atoms. The molecule has 0 bridgehead atoms. The van der Waals surface area contributed by atoms with E-state index in [9.17, 15) is 14.7 Å². The smallest absolute Gasteiger partial charge is 0.349 e. The van der Waals surface area contributed by atoms with E-state index < -0.39 is 23.1 Å².